The van der Waals surface area contributed by atoms with Crippen molar-refractivity contribution in [3.8, 4) is 17.1 Å². The Balaban J connectivity index is 1.59. The number of amides is 1. The molecule has 0 radical (unpaired) electrons. The molecular weight excluding hydrogens is 418 g/mol. The summed E-state index contributed by atoms with van der Waals surface area (Å²) in [6.45, 7) is 3.72. The van der Waals surface area contributed by atoms with Gasteiger partial charge >= 0.3 is 0 Å². The fraction of sp³-hybridized carbons (Fsp3) is 0.160. The summed E-state index contributed by atoms with van der Waals surface area (Å²) >= 11 is 0. The lowest BCUT2D eigenvalue weighted by atomic mass is 10.00. The lowest BCUT2D eigenvalue weighted by Crippen LogP contribution is -2.31. The van der Waals surface area contributed by atoms with E-state index in [1.165, 1.54) is 0 Å². The number of ether oxygens (including phenoxy) is 1. The van der Waals surface area contributed by atoms with Crippen LogP contribution in [0.1, 0.15) is 24.5 Å². The number of rotatable bonds is 5. The highest BCUT2D eigenvalue weighted by atomic mass is 16.5. The molecular formula is C25H23N5O3. The standard InChI is InChI=1S/C25H23N5O3/c1-15-12-13-20(33-15)22-21(24(31)27-18-9-5-4-6-10-18)16(2)26-25-28-23(29-30(22)25)17-8-7-11-19(14-17)32-3/h4-14,22H,1-3H3,(H,27,31)(H,26,28,29). The first-order chi connectivity index (χ1) is 16.0. The first kappa shape index (κ1) is 20.6. The van der Waals surface area contributed by atoms with Crippen LogP contribution in [0.3, 0.4) is 0 Å². The highest BCUT2D eigenvalue weighted by Crippen LogP contribution is 2.37. The van der Waals surface area contributed by atoms with Crippen LogP contribution in [0, 0.1) is 6.92 Å². The fourth-order valence-electron chi connectivity index (χ4n) is 3.91. The molecule has 0 bridgehead atoms. The Morgan fingerprint density at radius 1 is 1.09 bits per heavy atom. The van der Waals surface area contributed by atoms with Gasteiger partial charge in [0.25, 0.3) is 5.91 Å². The SMILES string of the molecule is COc1cccc(-c2nc3n(n2)C(c2ccc(C)o2)C(C(=O)Nc2ccccc2)=C(C)N3)c1. The van der Waals surface area contributed by atoms with Crippen LogP contribution in [0.5, 0.6) is 5.75 Å². The molecule has 2 aromatic carbocycles. The van der Waals surface area contributed by atoms with E-state index in [0.717, 1.165) is 11.3 Å². The lowest BCUT2D eigenvalue weighted by Gasteiger charge is -2.27. The summed E-state index contributed by atoms with van der Waals surface area (Å²) in [5.74, 6) is 2.87. The van der Waals surface area contributed by atoms with Crippen LogP contribution in [0.2, 0.25) is 0 Å². The number of aryl methyl sites for hydroxylation is 1. The van der Waals surface area contributed by atoms with Gasteiger partial charge in [-0.15, -0.1) is 5.10 Å². The maximum atomic E-state index is 13.4. The van der Waals surface area contributed by atoms with Gasteiger partial charge in [-0.2, -0.15) is 4.98 Å². The van der Waals surface area contributed by atoms with E-state index >= 15 is 0 Å². The van der Waals surface area contributed by atoms with Crippen LogP contribution in [0.15, 0.2) is 82.4 Å². The molecule has 0 spiro atoms. The molecule has 1 aliphatic rings. The van der Waals surface area contributed by atoms with Crippen LogP contribution >= 0.6 is 0 Å². The zero-order valence-corrected chi connectivity index (χ0v) is 18.5. The number of hydrogen-bond donors (Lipinski definition) is 2. The van der Waals surface area contributed by atoms with Crippen molar-refractivity contribution in [2.45, 2.75) is 19.9 Å². The molecule has 8 heteroatoms. The van der Waals surface area contributed by atoms with Crippen LogP contribution in [0.25, 0.3) is 11.4 Å². The maximum Gasteiger partial charge on any atom is 0.256 e. The molecule has 0 saturated carbocycles. The summed E-state index contributed by atoms with van der Waals surface area (Å²) in [6, 6.07) is 20.0. The van der Waals surface area contributed by atoms with E-state index in [-0.39, 0.29) is 5.91 Å². The Labute approximate surface area is 190 Å². The van der Waals surface area contributed by atoms with Crippen molar-refractivity contribution >= 4 is 17.5 Å². The fourth-order valence-corrected chi connectivity index (χ4v) is 3.91. The van der Waals surface area contributed by atoms with Crippen molar-refractivity contribution in [3.63, 3.8) is 0 Å². The minimum Gasteiger partial charge on any atom is -0.497 e. The Bertz CT molecular complexity index is 1350. The molecule has 8 nitrogen and oxygen atoms in total. The topological polar surface area (TPSA) is 94.2 Å². The van der Waals surface area contributed by atoms with Gasteiger partial charge in [0.2, 0.25) is 5.95 Å². The zero-order valence-electron chi connectivity index (χ0n) is 18.5. The van der Waals surface area contributed by atoms with Crippen molar-refractivity contribution in [1.82, 2.24) is 14.8 Å². The summed E-state index contributed by atoms with van der Waals surface area (Å²) in [5, 5.41) is 11.0. The van der Waals surface area contributed by atoms with Gasteiger partial charge in [0.05, 0.1) is 12.7 Å². The monoisotopic (exact) mass is 441 g/mol. The second-order valence-electron chi connectivity index (χ2n) is 7.77. The second-order valence-corrected chi connectivity index (χ2v) is 7.77. The van der Waals surface area contributed by atoms with Crippen LogP contribution in [-0.4, -0.2) is 27.8 Å². The number of methoxy groups -OCH3 is 1. The molecule has 0 aliphatic carbocycles. The van der Waals surface area contributed by atoms with Crippen molar-refractivity contribution in [3.05, 3.63) is 89.5 Å². The first-order valence-corrected chi connectivity index (χ1v) is 10.5. The number of para-hydroxylation sites is 1. The normalized spacial score (nSPS) is 15.1. The number of furan rings is 1. The molecule has 4 aromatic rings. The van der Waals surface area contributed by atoms with E-state index in [9.17, 15) is 4.79 Å². The van der Waals surface area contributed by atoms with Crippen LogP contribution in [0.4, 0.5) is 11.6 Å². The Morgan fingerprint density at radius 3 is 2.64 bits per heavy atom. The minimum absolute atomic E-state index is 0.241. The van der Waals surface area contributed by atoms with Crippen LogP contribution < -0.4 is 15.4 Å². The number of nitrogens with one attached hydrogen (secondary N) is 2. The van der Waals surface area contributed by atoms with Crippen molar-refractivity contribution in [2.24, 2.45) is 0 Å². The largest absolute Gasteiger partial charge is 0.497 e. The lowest BCUT2D eigenvalue weighted by molar-refractivity contribution is -0.113. The molecule has 0 fully saturated rings. The third kappa shape index (κ3) is 3.87. The number of benzene rings is 2. The summed E-state index contributed by atoms with van der Waals surface area (Å²) < 4.78 is 13.0. The van der Waals surface area contributed by atoms with E-state index in [1.54, 1.807) is 11.8 Å². The third-order valence-electron chi connectivity index (χ3n) is 5.49. The van der Waals surface area contributed by atoms with E-state index in [2.05, 4.69) is 15.6 Å². The number of anilines is 2. The number of carbonyl (C=O) groups excluding carboxylic acids is 1. The smallest absolute Gasteiger partial charge is 0.256 e. The van der Waals surface area contributed by atoms with Gasteiger partial charge in [0.15, 0.2) is 5.82 Å². The molecule has 1 atom stereocenters. The van der Waals surface area contributed by atoms with Gasteiger partial charge in [0, 0.05) is 16.9 Å². The quantitative estimate of drug-likeness (QED) is 0.463. The average Bonchev–Trinajstić information content (AvgIpc) is 3.45. The number of aromatic nitrogens is 3. The van der Waals surface area contributed by atoms with Gasteiger partial charge in [-0.05, 0) is 50.2 Å². The van der Waals surface area contributed by atoms with Gasteiger partial charge in [-0.25, -0.2) is 4.68 Å². The molecule has 2 N–H and O–H groups in total. The Hall–Kier alpha value is -4.33. The average molecular weight is 441 g/mol. The molecule has 166 valence electrons. The highest BCUT2D eigenvalue weighted by Gasteiger charge is 2.36. The van der Waals surface area contributed by atoms with Gasteiger partial charge in [-0.3, -0.25) is 4.79 Å². The number of carbonyl (C=O) groups is 1. The molecule has 0 saturated heterocycles. The molecule has 1 aliphatic heterocycles. The van der Waals surface area contributed by atoms with Crippen molar-refractivity contribution < 1.29 is 13.9 Å². The van der Waals surface area contributed by atoms with Gasteiger partial charge in [-0.1, -0.05) is 30.3 Å². The molecule has 33 heavy (non-hydrogen) atoms. The molecule has 1 unspecified atom stereocenters. The molecule has 3 heterocycles. The van der Waals surface area contributed by atoms with E-state index < -0.39 is 6.04 Å². The number of hydrogen-bond acceptors (Lipinski definition) is 6. The highest BCUT2D eigenvalue weighted by molar-refractivity contribution is 6.05. The second kappa shape index (κ2) is 8.31. The third-order valence-corrected chi connectivity index (χ3v) is 5.49. The summed E-state index contributed by atoms with van der Waals surface area (Å²) in [4.78, 5) is 18.1. The maximum absolute atomic E-state index is 13.4. The summed E-state index contributed by atoms with van der Waals surface area (Å²) in [6.07, 6.45) is 0. The number of allylic oxidation sites excluding steroid dienone is 1. The molecule has 5 rings (SSSR count). The predicted molar refractivity (Wildman–Crippen MR) is 125 cm³/mol. The molecule has 1 amide bonds. The van der Waals surface area contributed by atoms with Crippen LogP contribution in [-0.2, 0) is 4.79 Å². The predicted octanol–water partition coefficient (Wildman–Crippen LogP) is 4.78. The number of fused-ring (bicyclic) bond motifs is 1. The van der Waals surface area contributed by atoms with Crippen molar-refractivity contribution in [1.29, 1.82) is 0 Å². The van der Waals surface area contributed by atoms with Crippen molar-refractivity contribution in [2.75, 3.05) is 17.7 Å². The Kier molecular flexibility index (Phi) is 5.18. The first-order valence-electron chi connectivity index (χ1n) is 10.5. The van der Waals surface area contributed by atoms with E-state index in [0.29, 0.717) is 40.2 Å². The van der Waals surface area contributed by atoms with E-state index in [1.807, 2.05) is 80.6 Å². The minimum atomic E-state index is -0.578. The Morgan fingerprint density at radius 2 is 1.91 bits per heavy atom. The number of nitrogens with zero attached hydrogens (tertiary/aromatic N) is 3. The molecule has 2 aromatic heterocycles. The van der Waals surface area contributed by atoms with E-state index in [4.69, 9.17) is 14.3 Å². The summed E-state index contributed by atoms with van der Waals surface area (Å²) in [5.41, 5.74) is 2.70. The van der Waals surface area contributed by atoms with Gasteiger partial charge < -0.3 is 19.8 Å². The summed E-state index contributed by atoms with van der Waals surface area (Å²) in [7, 11) is 1.62. The zero-order chi connectivity index (χ0) is 22.9. The van der Waals surface area contributed by atoms with Gasteiger partial charge in [0.1, 0.15) is 23.3 Å².